The molecule has 0 bridgehead atoms. The fourth-order valence-corrected chi connectivity index (χ4v) is 2.70. The number of hydrogen-bond donors (Lipinski definition) is 1. The van der Waals surface area contributed by atoms with Gasteiger partial charge >= 0.3 is 5.97 Å². The second-order valence-electron chi connectivity index (χ2n) is 3.06. The average molecular weight is 255 g/mol. The normalized spacial score (nSPS) is 10.6. The zero-order chi connectivity index (χ0) is 11.5. The number of carbonyl (C=O) groups is 1. The highest BCUT2D eigenvalue weighted by molar-refractivity contribution is 7.97. The van der Waals surface area contributed by atoms with Crippen LogP contribution in [0.25, 0.3) is 11.5 Å². The van der Waals surface area contributed by atoms with Gasteiger partial charge < -0.3 is 9.52 Å². The van der Waals surface area contributed by atoms with Crippen LogP contribution in [0.2, 0.25) is 0 Å². The lowest BCUT2D eigenvalue weighted by atomic mass is 10.3. The Morgan fingerprint density at radius 3 is 3.12 bits per heavy atom. The van der Waals surface area contributed by atoms with Gasteiger partial charge in [0, 0.05) is 17.2 Å². The molecule has 0 atom stereocenters. The quantitative estimate of drug-likeness (QED) is 0.910. The molecule has 0 aliphatic rings. The standard InChI is InChI=1S/C10H9NO3S2/c1-15-5-9-11-7(4-16-9)8-2-6(3-14-8)10(12)13/h2-4H,5H2,1H3,(H,12,13). The van der Waals surface area contributed by atoms with Crippen molar-refractivity contribution in [3.63, 3.8) is 0 Å². The Bertz CT molecular complexity index is 504. The van der Waals surface area contributed by atoms with Crippen molar-refractivity contribution in [1.29, 1.82) is 0 Å². The summed E-state index contributed by atoms with van der Waals surface area (Å²) in [4.78, 5) is 15.0. The third kappa shape index (κ3) is 2.28. The van der Waals surface area contributed by atoms with Gasteiger partial charge in [-0.2, -0.15) is 11.8 Å². The Morgan fingerprint density at radius 1 is 1.69 bits per heavy atom. The van der Waals surface area contributed by atoms with Crippen LogP contribution in [-0.4, -0.2) is 22.3 Å². The second-order valence-corrected chi connectivity index (χ2v) is 4.87. The Kier molecular flexibility index (Phi) is 3.31. The van der Waals surface area contributed by atoms with Crippen LogP contribution in [0.5, 0.6) is 0 Å². The zero-order valence-electron chi connectivity index (χ0n) is 8.47. The van der Waals surface area contributed by atoms with E-state index < -0.39 is 5.97 Å². The summed E-state index contributed by atoms with van der Waals surface area (Å²) in [7, 11) is 0. The Balaban J connectivity index is 2.24. The predicted octanol–water partition coefficient (Wildman–Crippen LogP) is 2.96. The van der Waals surface area contributed by atoms with E-state index in [1.165, 1.54) is 12.3 Å². The lowest BCUT2D eigenvalue weighted by Crippen LogP contribution is -1.91. The molecule has 0 unspecified atom stereocenters. The lowest BCUT2D eigenvalue weighted by Gasteiger charge is -1.89. The molecule has 2 aromatic heterocycles. The highest BCUT2D eigenvalue weighted by Crippen LogP contribution is 2.25. The molecular formula is C10H9NO3S2. The summed E-state index contributed by atoms with van der Waals surface area (Å²) in [6, 6.07) is 1.49. The van der Waals surface area contributed by atoms with E-state index in [1.54, 1.807) is 23.1 Å². The molecule has 1 N–H and O–H groups in total. The van der Waals surface area contributed by atoms with E-state index in [-0.39, 0.29) is 5.56 Å². The van der Waals surface area contributed by atoms with Crippen LogP contribution in [0.3, 0.4) is 0 Å². The van der Waals surface area contributed by atoms with Gasteiger partial charge in [0.15, 0.2) is 5.76 Å². The van der Waals surface area contributed by atoms with E-state index >= 15 is 0 Å². The van der Waals surface area contributed by atoms with Gasteiger partial charge in [-0.25, -0.2) is 9.78 Å². The number of aromatic carboxylic acids is 1. The van der Waals surface area contributed by atoms with E-state index in [4.69, 9.17) is 9.52 Å². The Hall–Kier alpha value is -1.27. The summed E-state index contributed by atoms with van der Waals surface area (Å²) >= 11 is 3.24. The maximum atomic E-state index is 10.7. The molecule has 16 heavy (non-hydrogen) atoms. The summed E-state index contributed by atoms with van der Waals surface area (Å²) in [5, 5.41) is 11.6. The molecule has 0 saturated heterocycles. The van der Waals surface area contributed by atoms with E-state index in [9.17, 15) is 4.79 Å². The Morgan fingerprint density at radius 2 is 2.50 bits per heavy atom. The number of thiazole rings is 1. The van der Waals surface area contributed by atoms with Crippen molar-refractivity contribution in [2.24, 2.45) is 0 Å². The third-order valence-electron chi connectivity index (χ3n) is 1.92. The number of carboxylic acids is 1. The van der Waals surface area contributed by atoms with Gasteiger partial charge in [-0.1, -0.05) is 0 Å². The van der Waals surface area contributed by atoms with Crippen LogP contribution >= 0.6 is 23.1 Å². The minimum atomic E-state index is -0.991. The molecule has 0 aliphatic heterocycles. The van der Waals surface area contributed by atoms with Gasteiger partial charge in [-0.05, 0) is 6.26 Å². The van der Waals surface area contributed by atoms with Crippen molar-refractivity contribution < 1.29 is 14.3 Å². The third-order valence-corrected chi connectivity index (χ3v) is 3.51. The number of nitrogens with zero attached hydrogens (tertiary/aromatic N) is 1. The topological polar surface area (TPSA) is 63.3 Å². The van der Waals surface area contributed by atoms with Crippen LogP contribution in [0, 0.1) is 0 Å². The van der Waals surface area contributed by atoms with Gasteiger partial charge in [0.25, 0.3) is 0 Å². The first-order chi connectivity index (χ1) is 7.70. The summed E-state index contributed by atoms with van der Waals surface area (Å²) < 4.78 is 5.16. The van der Waals surface area contributed by atoms with E-state index in [1.807, 2.05) is 11.6 Å². The van der Waals surface area contributed by atoms with Crippen LogP contribution in [-0.2, 0) is 5.75 Å². The molecule has 0 amide bonds. The molecule has 0 aliphatic carbocycles. The lowest BCUT2D eigenvalue weighted by molar-refractivity contribution is 0.0696. The highest BCUT2D eigenvalue weighted by atomic mass is 32.2. The molecule has 4 nitrogen and oxygen atoms in total. The maximum Gasteiger partial charge on any atom is 0.338 e. The van der Waals surface area contributed by atoms with Crippen molar-refractivity contribution in [2.75, 3.05) is 6.26 Å². The number of aromatic nitrogens is 1. The molecule has 0 fully saturated rings. The monoisotopic (exact) mass is 255 g/mol. The van der Waals surface area contributed by atoms with Gasteiger partial charge in [-0.15, -0.1) is 11.3 Å². The van der Waals surface area contributed by atoms with E-state index in [2.05, 4.69) is 4.98 Å². The van der Waals surface area contributed by atoms with Crippen molar-refractivity contribution in [3.8, 4) is 11.5 Å². The molecule has 84 valence electrons. The number of furan rings is 1. The zero-order valence-corrected chi connectivity index (χ0v) is 10.1. The summed E-state index contributed by atoms with van der Waals surface area (Å²) in [6.45, 7) is 0. The van der Waals surface area contributed by atoms with E-state index in [0.29, 0.717) is 11.5 Å². The van der Waals surface area contributed by atoms with Crippen molar-refractivity contribution >= 4 is 29.1 Å². The molecule has 0 radical (unpaired) electrons. The van der Waals surface area contributed by atoms with E-state index in [0.717, 1.165) is 10.8 Å². The minimum absolute atomic E-state index is 0.148. The number of thioether (sulfide) groups is 1. The maximum absolute atomic E-state index is 10.7. The summed E-state index contributed by atoms with van der Waals surface area (Å²) in [5.41, 5.74) is 0.843. The Labute approximate surface area is 100 Å². The van der Waals surface area contributed by atoms with Crippen molar-refractivity contribution in [2.45, 2.75) is 5.75 Å². The highest BCUT2D eigenvalue weighted by Gasteiger charge is 2.12. The van der Waals surface area contributed by atoms with Gasteiger partial charge in [-0.3, -0.25) is 0 Å². The van der Waals surface area contributed by atoms with Crippen molar-refractivity contribution in [3.05, 3.63) is 28.3 Å². The fraction of sp³-hybridized carbons (Fsp3) is 0.200. The van der Waals surface area contributed by atoms with Crippen molar-refractivity contribution in [1.82, 2.24) is 4.98 Å². The first-order valence-corrected chi connectivity index (χ1v) is 6.73. The second kappa shape index (κ2) is 4.71. The average Bonchev–Trinajstić information content (AvgIpc) is 2.84. The SMILES string of the molecule is CSCc1nc(-c2cc(C(=O)O)co2)cs1. The molecule has 2 heterocycles. The van der Waals surface area contributed by atoms with Crippen LogP contribution < -0.4 is 0 Å². The number of rotatable bonds is 4. The molecular weight excluding hydrogens is 246 g/mol. The molecule has 0 spiro atoms. The van der Waals surface area contributed by atoms with Gasteiger partial charge in [0.1, 0.15) is 17.0 Å². The van der Waals surface area contributed by atoms with Gasteiger partial charge in [0.05, 0.1) is 5.56 Å². The number of hydrogen-bond acceptors (Lipinski definition) is 5. The largest absolute Gasteiger partial charge is 0.478 e. The molecule has 0 saturated carbocycles. The summed E-state index contributed by atoms with van der Waals surface area (Å²) in [6.07, 6.45) is 3.24. The molecule has 6 heteroatoms. The molecule has 2 rings (SSSR count). The minimum Gasteiger partial charge on any atom is -0.478 e. The first kappa shape index (κ1) is 11.2. The number of carboxylic acid groups (broad SMARTS) is 1. The smallest absolute Gasteiger partial charge is 0.338 e. The molecule has 2 aromatic rings. The van der Waals surface area contributed by atoms with Crippen LogP contribution in [0.4, 0.5) is 0 Å². The van der Waals surface area contributed by atoms with Crippen LogP contribution in [0.15, 0.2) is 22.1 Å². The fourth-order valence-electron chi connectivity index (χ4n) is 1.20. The van der Waals surface area contributed by atoms with Crippen LogP contribution in [0.1, 0.15) is 15.4 Å². The first-order valence-electron chi connectivity index (χ1n) is 4.46. The summed E-state index contributed by atoms with van der Waals surface area (Å²) in [5.74, 6) is 0.368. The predicted molar refractivity (Wildman–Crippen MR) is 64.0 cm³/mol. The van der Waals surface area contributed by atoms with Gasteiger partial charge in [0.2, 0.25) is 0 Å². The molecule has 0 aromatic carbocycles.